The summed E-state index contributed by atoms with van der Waals surface area (Å²) >= 11 is 0. The SMILES string of the molecule is O=C(CC1OC(=O)c2ccccc21)Nc1cccc(-n2cccc2)c1. The minimum absolute atomic E-state index is 0.0938. The van der Waals surface area contributed by atoms with E-state index in [-0.39, 0.29) is 18.3 Å². The van der Waals surface area contributed by atoms with Gasteiger partial charge in [0.1, 0.15) is 6.10 Å². The summed E-state index contributed by atoms with van der Waals surface area (Å²) in [6, 6.07) is 18.6. The molecule has 25 heavy (non-hydrogen) atoms. The van der Waals surface area contributed by atoms with Gasteiger partial charge in [-0.05, 0) is 36.4 Å². The first-order valence-electron chi connectivity index (χ1n) is 8.04. The summed E-state index contributed by atoms with van der Waals surface area (Å²) in [6.45, 7) is 0. The normalized spacial score (nSPS) is 15.5. The maximum absolute atomic E-state index is 12.4. The number of nitrogens with zero attached hydrogens (tertiary/aromatic N) is 1. The van der Waals surface area contributed by atoms with E-state index in [2.05, 4.69) is 5.32 Å². The molecule has 1 aromatic heterocycles. The lowest BCUT2D eigenvalue weighted by atomic mass is 10.0. The van der Waals surface area contributed by atoms with E-state index in [1.807, 2.05) is 65.5 Å². The first kappa shape index (κ1) is 15.2. The van der Waals surface area contributed by atoms with Crippen LogP contribution in [0.5, 0.6) is 0 Å². The predicted molar refractivity (Wildman–Crippen MR) is 93.6 cm³/mol. The third-order valence-corrected chi connectivity index (χ3v) is 4.18. The molecule has 1 N–H and O–H groups in total. The van der Waals surface area contributed by atoms with E-state index >= 15 is 0 Å². The van der Waals surface area contributed by atoms with E-state index in [0.29, 0.717) is 11.3 Å². The van der Waals surface area contributed by atoms with Gasteiger partial charge in [-0.15, -0.1) is 0 Å². The number of anilines is 1. The van der Waals surface area contributed by atoms with Gasteiger partial charge in [0.25, 0.3) is 0 Å². The zero-order valence-corrected chi connectivity index (χ0v) is 13.4. The van der Waals surface area contributed by atoms with E-state index < -0.39 is 6.10 Å². The maximum atomic E-state index is 12.4. The van der Waals surface area contributed by atoms with Crippen LogP contribution in [0.4, 0.5) is 5.69 Å². The van der Waals surface area contributed by atoms with Gasteiger partial charge in [-0.3, -0.25) is 4.79 Å². The van der Waals surface area contributed by atoms with Gasteiger partial charge in [0.05, 0.1) is 12.0 Å². The molecular formula is C20H16N2O3. The van der Waals surface area contributed by atoms with Gasteiger partial charge in [-0.2, -0.15) is 0 Å². The van der Waals surface area contributed by atoms with E-state index in [1.54, 1.807) is 12.1 Å². The van der Waals surface area contributed by atoms with Crippen molar-refractivity contribution in [2.24, 2.45) is 0 Å². The molecular weight excluding hydrogens is 316 g/mol. The lowest BCUT2D eigenvalue weighted by Crippen LogP contribution is -2.15. The topological polar surface area (TPSA) is 60.3 Å². The second kappa shape index (κ2) is 6.28. The van der Waals surface area contributed by atoms with Crippen LogP contribution in [0.2, 0.25) is 0 Å². The molecule has 1 aliphatic rings. The largest absolute Gasteiger partial charge is 0.453 e. The molecule has 3 aromatic rings. The summed E-state index contributed by atoms with van der Waals surface area (Å²) in [4.78, 5) is 24.2. The lowest BCUT2D eigenvalue weighted by molar-refractivity contribution is -0.118. The average Bonchev–Trinajstić information content (AvgIpc) is 3.25. The van der Waals surface area contributed by atoms with Crippen LogP contribution in [0.25, 0.3) is 5.69 Å². The first-order chi connectivity index (χ1) is 12.2. The number of rotatable bonds is 4. The van der Waals surface area contributed by atoms with E-state index in [9.17, 15) is 9.59 Å². The van der Waals surface area contributed by atoms with Crippen molar-refractivity contribution in [2.45, 2.75) is 12.5 Å². The van der Waals surface area contributed by atoms with Gasteiger partial charge in [0.15, 0.2) is 0 Å². The van der Waals surface area contributed by atoms with Crippen LogP contribution in [0.3, 0.4) is 0 Å². The van der Waals surface area contributed by atoms with Gasteiger partial charge in [0.2, 0.25) is 5.91 Å². The van der Waals surface area contributed by atoms with Crippen molar-refractivity contribution in [1.82, 2.24) is 4.57 Å². The van der Waals surface area contributed by atoms with E-state index in [0.717, 1.165) is 11.3 Å². The second-order valence-corrected chi connectivity index (χ2v) is 5.87. The molecule has 4 rings (SSSR count). The van der Waals surface area contributed by atoms with Gasteiger partial charge < -0.3 is 14.6 Å². The summed E-state index contributed by atoms with van der Waals surface area (Å²) in [5, 5.41) is 2.87. The number of amides is 1. The van der Waals surface area contributed by atoms with Crippen molar-refractivity contribution >= 4 is 17.6 Å². The Labute approximate surface area is 144 Å². The highest BCUT2D eigenvalue weighted by Crippen LogP contribution is 2.33. The number of benzene rings is 2. The Bertz CT molecular complexity index is 932. The van der Waals surface area contributed by atoms with Crippen LogP contribution in [0.1, 0.15) is 28.4 Å². The molecule has 0 bridgehead atoms. The van der Waals surface area contributed by atoms with Gasteiger partial charge in [-0.25, -0.2) is 4.79 Å². The number of ether oxygens (including phenoxy) is 1. The summed E-state index contributed by atoms with van der Waals surface area (Å²) in [7, 11) is 0. The highest BCUT2D eigenvalue weighted by atomic mass is 16.5. The quantitative estimate of drug-likeness (QED) is 0.741. The fraction of sp³-hybridized carbons (Fsp3) is 0.100. The Morgan fingerprint density at radius 1 is 1.04 bits per heavy atom. The number of carbonyl (C=O) groups is 2. The zero-order valence-electron chi connectivity index (χ0n) is 13.4. The second-order valence-electron chi connectivity index (χ2n) is 5.87. The fourth-order valence-corrected chi connectivity index (χ4v) is 3.00. The molecule has 5 heteroatoms. The van der Waals surface area contributed by atoms with Crippen molar-refractivity contribution in [3.63, 3.8) is 0 Å². The Morgan fingerprint density at radius 3 is 2.68 bits per heavy atom. The van der Waals surface area contributed by atoms with Crippen LogP contribution in [-0.4, -0.2) is 16.4 Å². The Balaban J connectivity index is 1.47. The van der Waals surface area contributed by atoms with Gasteiger partial charge >= 0.3 is 5.97 Å². The van der Waals surface area contributed by atoms with Crippen molar-refractivity contribution in [3.8, 4) is 5.69 Å². The van der Waals surface area contributed by atoms with Gasteiger partial charge in [0, 0.05) is 29.3 Å². The van der Waals surface area contributed by atoms with Crippen molar-refractivity contribution < 1.29 is 14.3 Å². The van der Waals surface area contributed by atoms with Crippen LogP contribution >= 0.6 is 0 Å². The van der Waals surface area contributed by atoms with Crippen LogP contribution < -0.4 is 5.32 Å². The Morgan fingerprint density at radius 2 is 1.84 bits per heavy atom. The summed E-state index contributed by atoms with van der Waals surface area (Å²) in [6.07, 6.45) is 3.44. The molecule has 2 aromatic carbocycles. The number of carbonyl (C=O) groups excluding carboxylic acids is 2. The predicted octanol–water partition coefficient (Wildman–Crippen LogP) is 3.72. The number of hydrogen-bond donors (Lipinski definition) is 1. The molecule has 1 atom stereocenters. The van der Waals surface area contributed by atoms with Gasteiger partial charge in [-0.1, -0.05) is 24.3 Å². The standard InChI is InChI=1S/C20H16N2O3/c23-19(13-18-16-8-1-2-9-17(16)20(24)25-18)21-14-6-5-7-15(12-14)22-10-3-4-11-22/h1-12,18H,13H2,(H,21,23). The molecule has 1 amide bonds. The summed E-state index contributed by atoms with van der Waals surface area (Å²) < 4.78 is 7.28. The monoisotopic (exact) mass is 332 g/mol. The van der Waals surface area contributed by atoms with Crippen molar-refractivity contribution in [2.75, 3.05) is 5.32 Å². The molecule has 1 unspecified atom stereocenters. The Kier molecular flexibility index (Phi) is 3.82. The highest BCUT2D eigenvalue weighted by Gasteiger charge is 2.31. The number of esters is 1. The molecule has 0 saturated carbocycles. The summed E-state index contributed by atoms with van der Waals surface area (Å²) in [5.41, 5.74) is 2.97. The summed E-state index contributed by atoms with van der Waals surface area (Å²) in [5.74, 6) is -0.567. The molecule has 0 spiro atoms. The maximum Gasteiger partial charge on any atom is 0.339 e. The van der Waals surface area contributed by atoms with Crippen molar-refractivity contribution in [3.05, 3.63) is 84.2 Å². The minimum atomic E-state index is -0.531. The number of hydrogen-bond acceptors (Lipinski definition) is 3. The molecule has 0 saturated heterocycles. The molecule has 124 valence electrons. The third kappa shape index (κ3) is 3.04. The molecule has 1 aliphatic heterocycles. The number of cyclic esters (lactones) is 1. The van der Waals surface area contributed by atoms with Crippen molar-refractivity contribution in [1.29, 1.82) is 0 Å². The number of aromatic nitrogens is 1. The first-order valence-corrected chi connectivity index (χ1v) is 8.04. The van der Waals surface area contributed by atoms with Crippen LogP contribution in [0, 0.1) is 0 Å². The molecule has 0 radical (unpaired) electrons. The van der Waals surface area contributed by atoms with Crippen LogP contribution in [-0.2, 0) is 9.53 Å². The molecule has 0 fully saturated rings. The lowest BCUT2D eigenvalue weighted by Gasteiger charge is -2.12. The third-order valence-electron chi connectivity index (χ3n) is 4.18. The number of fused-ring (bicyclic) bond motifs is 1. The fourth-order valence-electron chi connectivity index (χ4n) is 3.00. The molecule has 2 heterocycles. The zero-order chi connectivity index (χ0) is 17.2. The molecule has 5 nitrogen and oxygen atoms in total. The van der Waals surface area contributed by atoms with Crippen LogP contribution in [0.15, 0.2) is 73.1 Å². The smallest absolute Gasteiger partial charge is 0.339 e. The number of nitrogens with one attached hydrogen (secondary N) is 1. The highest BCUT2D eigenvalue weighted by molar-refractivity contribution is 5.96. The van der Waals surface area contributed by atoms with E-state index in [4.69, 9.17) is 4.74 Å². The average molecular weight is 332 g/mol. The molecule has 0 aliphatic carbocycles. The van der Waals surface area contributed by atoms with E-state index in [1.165, 1.54) is 0 Å². The Hall–Kier alpha value is -3.34. The minimum Gasteiger partial charge on any atom is -0.453 e.